The van der Waals surface area contributed by atoms with Crippen molar-refractivity contribution >= 4 is 38.8 Å². The predicted octanol–water partition coefficient (Wildman–Crippen LogP) is 12.8. The molecule has 0 aliphatic rings. The molecule has 0 aliphatic carbocycles. The molecule has 10 rings (SSSR count). The number of halogens is 6. The number of aromatic nitrogens is 6. The average molecular weight is 880 g/mol. The summed E-state index contributed by atoms with van der Waals surface area (Å²) in [4.78, 5) is 18.2. The molecule has 66 heavy (non-hydrogen) atoms. The average Bonchev–Trinajstić information content (AvgIpc) is 4.01. The molecule has 0 saturated heterocycles. The van der Waals surface area contributed by atoms with Gasteiger partial charge in [-0.25, -0.2) is 46.1 Å². The number of rotatable bonds is 6. The summed E-state index contributed by atoms with van der Waals surface area (Å²) < 4.78 is 101. The molecule has 0 N–H and O–H groups in total. The van der Waals surface area contributed by atoms with E-state index in [0.717, 1.165) is 53.1 Å². The quantitative estimate of drug-likeness (QED) is 0.122. The van der Waals surface area contributed by atoms with Crippen LogP contribution in [0.1, 0.15) is 27.8 Å². The van der Waals surface area contributed by atoms with Crippen molar-refractivity contribution in [1.82, 2.24) is 28.7 Å². The van der Waals surface area contributed by atoms with Crippen LogP contribution in [0.15, 0.2) is 109 Å². The van der Waals surface area contributed by atoms with Gasteiger partial charge in [-0.3, -0.25) is 13.7 Å². The van der Waals surface area contributed by atoms with Crippen LogP contribution in [0.25, 0.3) is 89.2 Å². The van der Waals surface area contributed by atoms with Gasteiger partial charge in [-0.1, -0.05) is 53.1 Å². The summed E-state index contributed by atoms with van der Waals surface area (Å²) in [5.74, 6) is -6.65. The molecule has 3 aromatic heterocycles. The van der Waals surface area contributed by atoms with Crippen LogP contribution in [0.4, 0.5) is 32.0 Å². The van der Waals surface area contributed by atoms with Gasteiger partial charge in [-0.15, -0.1) is 0 Å². The Kier molecular flexibility index (Phi) is 9.55. The monoisotopic (exact) mass is 879 g/mol. The Morgan fingerprint density at radius 3 is 1.05 bits per heavy atom. The van der Waals surface area contributed by atoms with Crippen molar-refractivity contribution in [3.8, 4) is 63.4 Å². The summed E-state index contributed by atoms with van der Waals surface area (Å²) in [5, 5.41) is 19.2. The van der Waals surface area contributed by atoms with Crippen molar-refractivity contribution < 1.29 is 26.3 Å². The highest BCUT2D eigenvalue weighted by atomic mass is 19.1. The van der Waals surface area contributed by atoms with Crippen LogP contribution in [-0.2, 0) is 0 Å². The lowest BCUT2D eigenvalue weighted by molar-refractivity contribution is 0.598. The smallest absolute Gasteiger partial charge is 0.224 e. The lowest BCUT2D eigenvalue weighted by Crippen LogP contribution is -2.02. The summed E-state index contributed by atoms with van der Waals surface area (Å²) in [5.41, 5.74) is 1.32. The first kappa shape index (κ1) is 41.0. The SMILES string of the molecule is [C-]#[N+]c1cc(F)c(-c2nc3c4c(nc(-c5cc(F)c(C#N)cc5F)n4-c4ccc(C)cc4)c4c(nc(-c5cc(F)c(C#N)cc5F)n4-c4ccc(C)cc4)c3n2-c2ccc(C)cc2)cc1F. The maximum Gasteiger partial charge on any atom is 0.224 e. The van der Waals surface area contributed by atoms with Crippen LogP contribution in [0, 0.1) is 84.9 Å². The van der Waals surface area contributed by atoms with Gasteiger partial charge in [0.25, 0.3) is 0 Å². The fourth-order valence-corrected chi connectivity index (χ4v) is 8.19. The van der Waals surface area contributed by atoms with Crippen LogP contribution in [0.3, 0.4) is 0 Å². The zero-order valence-corrected chi connectivity index (χ0v) is 34.7. The Bertz CT molecular complexity index is 3400. The molecule has 0 saturated carbocycles. The number of imidazole rings is 3. The molecule has 9 nitrogen and oxygen atoms in total. The predicted molar refractivity (Wildman–Crippen MR) is 236 cm³/mol. The van der Waals surface area contributed by atoms with Gasteiger partial charge < -0.3 is 0 Å². The summed E-state index contributed by atoms with van der Waals surface area (Å²) >= 11 is 0. The van der Waals surface area contributed by atoms with Gasteiger partial charge in [0.2, 0.25) is 5.69 Å². The Morgan fingerprint density at radius 1 is 0.439 bits per heavy atom. The van der Waals surface area contributed by atoms with Gasteiger partial charge in [0.15, 0.2) is 0 Å². The minimum Gasteiger partial charge on any atom is -0.290 e. The van der Waals surface area contributed by atoms with Gasteiger partial charge in [0.1, 0.15) is 97.6 Å². The van der Waals surface area contributed by atoms with Gasteiger partial charge in [-0.05, 0) is 93.6 Å². The molecule has 0 unspecified atom stereocenters. The second kappa shape index (κ2) is 15.4. The highest BCUT2D eigenvalue weighted by Gasteiger charge is 2.33. The van der Waals surface area contributed by atoms with E-state index >= 15 is 26.3 Å². The number of aryl methyl sites for hydroxylation is 3. The second-order valence-corrected chi connectivity index (χ2v) is 15.7. The topological polar surface area (TPSA) is 105 Å². The summed E-state index contributed by atoms with van der Waals surface area (Å²) in [6.45, 7) is 13.0. The van der Waals surface area contributed by atoms with E-state index in [4.69, 9.17) is 21.5 Å². The zero-order valence-electron chi connectivity index (χ0n) is 34.7. The molecule has 0 bridgehead atoms. The Labute approximate surface area is 370 Å². The Balaban J connectivity index is 1.52. The van der Waals surface area contributed by atoms with Crippen molar-refractivity contribution in [1.29, 1.82) is 10.5 Å². The molecule has 0 aliphatic heterocycles. The third kappa shape index (κ3) is 6.34. The number of fused-ring (bicyclic) bond motifs is 6. The number of hydrogen-bond donors (Lipinski definition) is 0. The van der Waals surface area contributed by atoms with Crippen LogP contribution < -0.4 is 0 Å². The maximum absolute atomic E-state index is 16.5. The van der Waals surface area contributed by atoms with E-state index in [1.54, 1.807) is 84.9 Å². The molecule has 0 spiro atoms. The molecule has 0 radical (unpaired) electrons. The highest BCUT2D eigenvalue weighted by molar-refractivity contribution is 6.22. The summed E-state index contributed by atoms with van der Waals surface area (Å²) in [6, 6.07) is 29.0. The molecular formula is C51H27F6N9. The Hall–Kier alpha value is -9.00. The molecule has 0 amide bonds. The van der Waals surface area contributed by atoms with Crippen molar-refractivity contribution in [3.63, 3.8) is 0 Å². The minimum absolute atomic E-state index is 0.0289. The molecule has 10 aromatic rings. The van der Waals surface area contributed by atoms with E-state index in [1.165, 1.54) is 13.7 Å². The summed E-state index contributed by atoms with van der Waals surface area (Å²) in [7, 11) is 0. The van der Waals surface area contributed by atoms with Crippen molar-refractivity contribution in [3.05, 3.63) is 183 Å². The van der Waals surface area contributed by atoms with E-state index < -0.39 is 51.7 Å². The highest BCUT2D eigenvalue weighted by Crippen LogP contribution is 2.45. The van der Waals surface area contributed by atoms with E-state index in [1.807, 2.05) is 20.8 Å². The number of hydrogen-bond acceptors (Lipinski definition) is 5. The third-order valence-corrected chi connectivity index (χ3v) is 11.4. The van der Waals surface area contributed by atoms with Crippen LogP contribution in [-0.4, -0.2) is 28.7 Å². The standard InChI is InChI=1S/C51H27F6N9/c1-25-5-11-30(12-6-25)64-46-43-47(65(31-13-7-26(2)8-14-31)49(61-43)33-19-36(52)28(23-58)17-38(33)54)45-48(44(46)62-50(64)34-20-37(53)29(24-59)18-39(34)55)66(32-15-9-27(3)10-16-32)51(63-45)35-21-41(57)42(60-4)22-40(35)56/h5-22H,1-3H3. The molecule has 15 heteroatoms. The number of benzene rings is 7. The zero-order chi connectivity index (χ0) is 46.3. The first-order valence-electron chi connectivity index (χ1n) is 20.1. The fraction of sp³-hybridized carbons (Fsp3) is 0.0588. The van der Waals surface area contributed by atoms with Crippen molar-refractivity contribution in [2.45, 2.75) is 20.8 Å². The number of nitrogens with zero attached hydrogens (tertiary/aromatic N) is 9. The molecule has 7 aromatic carbocycles. The first-order valence-corrected chi connectivity index (χ1v) is 20.1. The lowest BCUT2D eigenvalue weighted by atomic mass is 10.1. The third-order valence-electron chi connectivity index (χ3n) is 11.4. The molecule has 3 heterocycles. The van der Waals surface area contributed by atoms with E-state index in [9.17, 15) is 10.5 Å². The normalized spacial score (nSPS) is 11.4. The molecule has 318 valence electrons. The van der Waals surface area contributed by atoms with Crippen molar-refractivity contribution in [2.24, 2.45) is 0 Å². The fourth-order valence-electron chi connectivity index (χ4n) is 8.19. The van der Waals surface area contributed by atoms with Gasteiger partial charge in [-0.2, -0.15) is 10.5 Å². The molecule has 0 fully saturated rings. The summed E-state index contributed by atoms with van der Waals surface area (Å²) in [6.07, 6.45) is 0. The van der Waals surface area contributed by atoms with Crippen molar-refractivity contribution in [2.75, 3.05) is 0 Å². The van der Waals surface area contributed by atoms with E-state index in [2.05, 4.69) is 4.85 Å². The van der Waals surface area contributed by atoms with Crippen LogP contribution >= 0.6 is 0 Å². The van der Waals surface area contributed by atoms with Gasteiger partial charge >= 0.3 is 0 Å². The minimum atomic E-state index is -1.04. The largest absolute Gasteiger partial charge is 0.290 e. The van der Waals surface area contributed by atoms with Gasteiger partial charge in [0.05, 0.1) is 34.4 Å². The van der Waals surface area contributed by atoms with Crippen LogP contribution in [0.5, 0.6) is 0 Å². The Morgan fingerprint density at radius 2 is 0.742 bits per heavy atom. The molecule has 0 atom stereocenters. The maximum atomic E-state index is 16.5. The first-order chi connectivity index (χ1) is 31.8. The number of nitriles is 2. The molecular weight excluding hydrogens is 853 g/mol. The van der Waals surface area contributed by atoms with Gasteiger partial charge in [0, 0.05) is 17.1 Å². The van der Waals surface area contributed by atoms with E-state index in [-0.39, 0.29) is 67.3 Å². The van der Waals surface area contributed by atoms with Crippen LogP contribution in [0.2, 0.25) is 0 Å². The second-order valence-electron chi connectivity index (χ2n) is 15.7. The van der Waals surface area contributed by atoms with E-state index in [0.29, 0.717) is 17.1 Å². The lowest BCUT2D eigenvalue weighted by Gasteiger charge is -2.13.